The summed E-state index contributed by atoms with van der Waals surface area (Å²) >= 11 is 0. The van der Waals surface area contributed by atoms with E-state index in [0.717, 1.165) is 10.5 Å². The molecule has 166 valence electrons. The van der Waals surface area contributed by atoms with Gasteiger partial charge in [0.25, 0.3) is 5.91 Å². The van der Waals surface area contributed by atoms with Crippen molar-refractivity contribution >= 4 is 34.8 Å². The van der Waals surface area contributed by atoms with Crippen LogP contribution in [0.1, 0.15) is 18.5 Å². The first kappa shape index (κ1) is 20.8. The average Bonchev–Trinajstić information content (AvgIpc) is 3.31. The van der Waals surface area contributed by atoms with E-state index >= 15 is 0 Å². The van der Waals surface area contributed by atoms with Gasteiger partial charge in [-0.3, -0.25) is 19.2 Å². The van der Waals surface area contributed by atoms with Gasteiger partial charge in [-0.25, -0.2) is 14.4 Å². The summed E-state index contributed by atoms with van der Waals surface area (Å²) in [6, 6.07) is 21.2. The summed E-state index contributed by atoms with van der Waals surface area (Å²) in [6.45, 7) is 1.42. The van der Waals surface area contributed by atoms with Crippen LogP contribution in [0.4, 0.5) is 21.5 Å². The first-order valence-corrected chi connectivity index (χ1v) is 10.5. The molecule has 3 amide bonds. The van der Waals surface area contributed by atoms with Crippen molar-refractivity contribution in [2.24, 2.45) is 5.92 Å². The molecule has 2 heterocycles. The van der Waals surface area contributed by atoms with Crippen molar-refractivity contribution in [1.29, 1.82) is 0 Å². The van der Waals surface area contributed by atoms with Gasteiger partial charge >= 0.3 is 0 Å². The zero-order chi connectivity index (χ0) is 23.1. The number of nitrogens with one attached hydrogen (secondary N) is 1. The number of imide groups is 1. The van der Waals surface area contributed by atoms with Crippen LogP contribution in [-0.2, 0) is 19.2 Å². The molecule has 1 N–H and O–H groups in total. The van der Waals surface area contributed by atoms with E-state index in [1.807, 2.05) is 30.3 Å². The molecule has 5 rings (SSSR count). The van der Waals surface area contributed by atoms with Crippen molar-refractivity contribution in [2.45, 2.75) is 19.1 Å². The lowest BCUT2D eigenvalue weighted by Gasteiger charge is -2.29. The molecule has 3 aromatic carbocycles. The molecule has 2 aliphatic rings. The Morgan fingerprint density at radius 2 is 1.58 bits per heavy atom. The predicted molar refractivity (Wildman–Crippen MR) is 120 cm³/mol. The van der Waals surface area contributed by atoms with Crippen LogP contribution < -0.4 is 15.3 Å². The molecular weight excluding hydrogens is 425 g/mol. The Labute approximate surface area is 189 Å². The molecule has 0 aliphatic carbocycles. The summed E-state index contributed by atoms with van der Waals surface area (Å²) < 4.78 is 14.4. The van der Waals surface area contributed by atoms with E-state index < -0.39 is 35.7 Å². The van der Waals surface area contributed by atoms with Crippen LogP contribution in [0.25, 0.3) is 0 Å². The van der Waals surface area contributed by atoms with Crippen LogP contribution >= 0.6 is 0 Å². The van der Waals surface area contributed by atoms with E-state index in [-0.39, 0.29) is 11.6 Å². The number of para-hydroxylation sites is 2. The molecule has 7 nitrogen and oxygen atoms in total. The Bertz CT molecular complexity index is 1230. The maximum Gasteiger partial charge on any atom is 0.266 e. The fourth-order valence-corrected chi connectivity index (χ4v) is 4.39. The van der Waals surface area contributed by atoms with Gasteiger partial charge in [0, 0.05) is 12.6 Å². The van der Waals surface area contributed by atoms with E-state index in [0.29, 0.717) is 11.4 Å². The zero-order valence-corrected chi connectivity index (χ0v) is 17.6. The minimum atomic E-state index is -1.09. The fraction of sp³-hybridized carbons (Fsp3) is 0.160. The molecule has 0 unspecified atom stereocenters. The molecule has 0 saturated carbocycles. The second kappa shape index (κ2) is 8.14. The number of hydrogen-bond acceptors (Lipinski definition) is 5. The lowest BCUT2D eigenvalue weighted by Crippen LogP contribution is -2.37. The molecule has 2 saturated heterocycles. The highest BCUT2D eigenvalue weighted by Crippen LogP contribution is 2.47. The van der Waals surface area contributed by atoms with Crippen LogP contribution in [0.2, 0.25) is 0 Å². The molecule has 2 fully saturated rings. The Balaban J connectivity index is 1.56. The number of fused-ring (bicyclic) bond motifs is 1. The molecule has 3 atom stereocenters. The third-order valence-electron chi connectivity index (χ3n) is 5.79. The summed E-state index contributed by atoms with van der Waals surface area (Å²) in [7, 11) is 0. The van der Waals surface area contributed by atoms with E-state index in [2.05, 4.69) is 5.32 Å². The van der Waals surface area contributed by atoms with Crippen LogP contribution in [0.15, 0.2) is 78.9 Å². The van der Waals surface area contributed by atoms with Crippen molar-refractivity contribution in [3.05, 3.63) is 90.2 Å². The Morgan fingerprint density at radius 3 is 2.24 bits per heavy atom. The number of amides is 3. The highest BCUT2D eigenvalue weighted by atomic mass is 19.1. The quantitative estimate of drug-likeness (QED) is 0.618. The maximum atomic E-state index is 14.4. The number of hydrogen-bond donors (Lipinski definition) is 1. The molecule has 33 heavy (non-hydrogen) atoms. The lowest BCUT2D eigenvalue weighted by molar-refractivity contribution is -0.126. The summed E-state index contributed by atoms with van der Waals surface area (Å²) in [4.78, 5) is 45.0. The van der Waals surface area contributed by atoms with Crippen molar-refractivity contribution in [2.75, 3.05) is 15.3 Å². The molecule has 8 heteroatoms. The van der Waals surface area contributed by atoms with Crippen LogP contribution in [0, 0.1) is 11.7 Å². The molecule has 3 aromatic rings. The van der Waals surface area contributed by atoms with Crippen molar-refractivity contribution in [1.82, 2.24) is 0 Å². The number of anilines is 3. The monoisotopic (exact) mass is 445 g/mol. The molecular formula is C25H20FN3O4. The number of rotatable bonds is 4. The van der Waals surface area contributed by atoms with Gasteiger partial charge in [-0.1, -0.05) is 42.5 Å². The molecule has 0 spiro atoms. The molecule has 0 aromatic heterocycles. The summed E-state index contributed by atoms with van der Waals surface area (Å²) in [5.74, 6) is -2.85. The van der Waals surface area contributed by atoms with Gasteiger partial charge in [0.1, 0.15) is 11.7 Å². The van der Waals surface area contributed by atoms with Crippen molar-refractivity contribution in [3.8, 4) is 0 Å². The zero-order valence-electron chi connectivity index (χ0n) is 17.6. The summed E-state index contributed by atoms with van der Waals surface area (Å²) in [6.07, 6.45) is -1.09. The van der Waals surface area contributed by atoms with Gasteiger partial charge < -0.3 is 5.32 Å². The number of benzene rings is 3. The summed E-state index contributed by atoms with van der Waals surface area (Å²) in [5.41, 5.74) is 1.92. The van der Waals surface area contributed by atoms with Gasteiger partial charge in [-0.15, -0.1) is 0 Å². The standard InChI is InChI=1S/C25H20FN3O4/c1-15(30)27-17-13-11-16(12-14-17)22-21-23(33-29(22)18-7-3-2-4-8-18)25(32)28(24(21)31)20-10-6-5-9-19(20)26/h2-14,21-23H,1H3,(H,27,30)/t21-,22+,23+/m1/s1. The van der Waals surface area contributed by atoms with E-state index in [4.69, 9.17) is 4.84 Å². The number of hydroxylamine groups is 1. The highest BCUT2D eigenvalue weighted by Gasteiger charge is 2.60. The Kier molecular flexibility index (Phi) is 5.14. The first-order chi connectivity index (χ1) is 16.0. The molecule has 0 bridgehead atoms. The normalized spacial score (nSPS) is 21.9. The SMILES string of the molecule is CC(=O)Nc1ccc([C@H]2[C@H]3C(=O)N(c4ccccc4F)C(=O)[C@H]3ON2c2ccccc2)cc1. The minimum Gasteiger partial charge on any atom is -0.326 e. The highest BCUT2D eigenvalue weighted by molar-refractivity contribution is 6.24. The number of carbonyl (C=O) groups excluding carboxylic acids is 3. The average molecular weight is 445 g/mol. The molecule has 0 radical (unpaired) electrons. The van der Waals surface area contributed by atoms with Gasteiger partial charge in [0.15, 0.2) is 6.10 Å². The Hall–Kier alpha value is -4.04. The smallest absolute Gasteiger partial charge is 0.266 e. The molecule has 2 aliphatic heterocycles. The second-order valence-electron chi connectivity index (χ2n) is 7.92. The second-order valence-corrected chi connectivity index (χ2v) is 7.92. The summed E-state index contributed by atoms with van der Waals surface area (Å²) in [5, 5.41) is 4.27. The van der Waals surface area contributed by atoms with Crippen molar-refractivity contribution in [3.63, 3.8) is 0 Å². The first-order valence-electron chi connectivity index (χ1n) is 10.5. The van der Waals surface area contributed by atoms with Gasteiger partial charge in [0.05, 0.1) is 17.4 Å². The number of halogens is 1. The predicted octanol–water partition coefficient (Wildman–Crippen LogP) is 3.84. The minimum absolute atomic E-state index is 0.0866. The van der Waals surface area contributed by atoms with Gasteiger partial charge in [-0.2, -0.15) is 0 Å². The Morgan fingerprint density at radius 1 is 0.909 bits per heavy atom. The van der Waals surface area contributed by atoms with Crippen LogP contribution in [-0.4, -0.2) is 23.8 Å². The lowest BCUT2D eigenvalue weighted by atomic mass is 9.90. The van der Waals surface area contributed by atoms with Gasteiger partial charge in [-0.05, 0) is 42.0 Å². The van der Waals surface area contributed by atoms with Crippen LogP contribution in [0.5, 0.6) is 0 Å². The maximum absolute atomic E-state index is 14.4. The number of nitrogens with zero attached hydrogens (tertiary/aromatic N) is 2. The largest absolute Gasteiger partial charge is 0.326 e. The fourth-order valence-electron chi connectivity index (χ4n) is 4.39. The van der Waals surface area contributed by atoms with Crippen LogP contribution in [0.3, 0.4) is 0 Å². The van der Waals surface area contributed by atoms with E-state index in [1.165, 1.54) is 25.1 Å². The van der Waals surface area contributed by atoms with E-state index in [1.54, 1.807) is 35.4 Å². The third kappa shape index (κ3) is 3.54. The number of carbonyl (C=O) groups is 3. The van der Waals surface area contributed by atoms with E-state index in [9.17, 15) is 18.8 Å². The third-order valence-corrected chi connectivity index (χ3v) is 5.79. The van der Waals surface area contributed by atoms with Crippen molar-refractivity contribution < 1.29 is 23.6 Å². The van der Waals surface area contributed by atoms with Gasteiger partial charge in [0.2, 0.25) is 11.8 Å². The topological polar surface area (TPSA) is 79.0 Å².